The van der Waals surface area contributed by atoms with Crippen molar-refractivity contribution in [2.75, 3.05) is 6.54 Å². The predicted octanol–water partition coefficient (Wildman–Crippen LogP) is 1.36. The van der Waals surface area contributed by atoms with E-state index in [1.165, 1.54) is 10.6 Å². The molecule has 1 amide bonds. The lowest BCUT2D eigenvalue weighted by atomic mass is 9.92. The van der Waals surface area contributed by atoms with E-state index in [0.717, 1.165) is 0 Å². The SMILES string of the molecule is CCC(CC)(CN)NC(=O)c1cnc2ccccn2c1=O.Cl. The number of hydrogen-bond donors (Lipinski definition) is 2. The standard InChI is InChI=1S/C15H20N4O2.ClH/c1-3-15(4-2,10-16)18-13(20)11-9-17-12-7-5-6-8-19(12)14(11)21;/h5-9H,3-4,10,16H2,1-2H3,(H,18,20);1H. The zero-order valence-electron chi connectivity index (χ0n) is 12.7. The van der Waals surface area contributed by atoms with Crippen LogP contribution in [0.1, 0.15) is 37.0 Å². The Bertz CT molecular complexity index is 702. The average molecular weight is 325 g/mol. The first-order valence-electron chi connectivity index (χ1n) is 7.06. The van der Waals surface area contributed by atoms with Gasteiger partial charge >= 0.3 is 0 Å². The highest BCUT2D eigenvalue weighted by atomic mass is 35.5. The number of carbonyl (C=O) groups excluding carboxylic acids is 1. The summed E-state index contributed by atoms with van der Waals surface area (Å²) in [5, 5.41) is 2.88. The van der Waals surface area contributed by atoms with E-state index in [1.54, 1.807) is 24.4 Å². The fraction of sp³-hybridized carbons (Fsp3) is 0.400. The van der Waals surface area contributed by atoms with Gasteiger partial charge in [-0.25, -0.2) is 4.98 Å². The van der Waals surface area contributed by atoms with Crippen LogP contribution in [0.15, 0.2) is 35.4 Å². The maximum atomic E-state index is 12.4. The number of nitrogens with two attached hydrogens (primary N) is 1. The molecular weight excluding hydrogens is 304 g/mol. The van der Waals surface area contributed by atoms with E-state index >= 15 is 0 Å². The van der Waals surface area contributed by atoms with Gasteiger partial charge in [-0.1, -0.05) is 19.9 Å². The zero-order chi connectivity index (χ0) is 15.5. The van der Waals surface area contributed by atoms with Crippen molar-refractivity contribution in [1.82, 2.24) is 14.7 Å². The number of pyridine rings is 1. The Hall–Kier alpha value is -1.92. The smallest absolute Gasteiger partial charge is 0.270 e. The fourth-order valence-electron chi connectivity index (χ4n) is 2.26. The second-order valence-electron chi connectivity index (χ2n) is 5.05. The number of nitrogens with one attached hydrogen (secondary N) is 1. The minimum absolute atomic E-state index is 0. The number of amides is 1. The third-order valence-electron chi connectivity index (χ3n) is 3.98. The number of nitrogens with zero attached hydrogens (tertiary/aromatic N) is 2. The van der Waals surface area contributed by atoms with Crippen LogP contribution in [0.5, 0.6) is 0 Å². The van der Waals surface area contributed by atoms with Crippen molar-refractivity contribution in [3.05, 3.63) is 46.5 Å². The number of halogens is 1. The number of hydrogen-bond acceptors (Lipinski definition) is 4. The molecular formula is C15H21ClN4O2. The van der Waals surface area contributed by atoms with Crippen LogP contribution in [-0.4, -0.2) is 27.4 Å². The van der Waals surface area contributed by atoms with Gasteiger partial charge in [0.25, 0.3) is 11.5 Å². The molecule has 0 aliphatic carbocycles. The van der Waals surface area contributed by atoms with Crippen molar-refractivity contribution in [3.8, 4) is 0 Å². The van der Waals surface area contributed by atoms with E-state index in [4.69, 9.17) is 5.73 Å². The average Bonchev–Trinajstić information content (AvgIpc) is 2.53. The van der Waals surface area contributed by atoms with Crippen molar-refractivity contribution in [3.63, 3.8) is 0 Å². The molecule has 0 bridgehead atoms. The van der Waals surface area contributed by atoms with Gasteiger partial charge in [0.2, 0.25) is 0 Å². The molecule has 0 atom stereocenters. The van der Waals surface area contributed by atoms with Crippen LogP contribution in [0.25, 0.3) is 5.65 Å². The van der Waals surface area contributed by atoms with Crippen molar-refractivity contribution in [2.45, 2.75) is 32.2 Å². The van der Waals surface area contributed by atoms with Gasteiger partial charge in [0.05, 0.1) is 5.54 Å². The summed E-state index contributed by atoms with van der Waals surface area (Å²) in [6.45, 7) is 4.25. The zero-order valence-corrected chi connectivity index (χ0v) is 13.5. The maximum Gasteiger partial charge on any atom is 0.270 e. The molecule has 0 saturated carbocycles. The summed E-state index contributed by atoms with van der Waals surface area (Å²) in [7, 11) is 0. The number of rotatable bonds is 5. The number of aromatic nitrogens is 2. The molecule has 120 valence electrons. The lowest BCUT2D eigenvalue weighted by molar-refractivity contribution is 0.0893. The first-order valence-corrected chi connectivity index (χ1v) is 7.06. The molecule has 2 aromatic heterocycles. The van der Waals surface area contributed by atoms with Crippen LogP contribution in [0, 0.1) is 0 Å². The molecule has 0 radical (unpaired) electrons. The molecule has 7 heteroatoms. The second kappa shape index (κ2) is 7.38. The van der Waals surface area contributed by atoms with Crippen molar-refractivity contribution in [1.29, 1.82) is 0 Å². The highest BCUT2D eigenvalue weighted by Gasteiger charge is 2.28. The highest BCUT2D eigenvalue weighted by molar-refractivity contribution is 5.94. The van der Waals surface area contributed by atoms with Gasteiger partial charge in [-0.05, 0) is 25.0 Å². The summed E-state index contributed by atoms with van der Waals surface area (Å²) in [5.74, 6) is -0.431. The topological polar surface area (TPSA) is 89.5 Å². The normalized spacial score (nSPS) is 11.0. The molecule has 0 unspecified atom stereocenters. The minimum atomic E-state index is -0.486. The Morgan fingerprint density at radius 3 is 2.64 bits per heavy atom. The van der Waals surface area contributed by atoms with Gasteiger partial charge in [0, 0.05) is 18.9 Å². The number of carbonyl (C=O) groups is 1. The van der Waals surface area contributed by atoms with Gasteiger partial charge < -0.3 is 11.1 Å². The van der Waals surface area contributed by atoms with E-state index in [0.29, 0.717) is 25.0 Å². The van der Waals surface area contributed by atoms with Gasteiger partial charge in [0.1, 0.15) is 11.2 Å². The molecule has 0 aliphatic heterocycles. The quantitative estimate of drug-likeness (QED) is 0.869. The van der Waals surface area contributed by atoms with Crippen molar-refractivity contribution < 1.29 is 4.79 Å². The molecule has 22 heavy (non-hydrogen) atoms. The van der Waals surface area contributed by atoms with Gasteiger partial charge in [0.15, 0.2) is 0 Å². The summed E-state index contributed by atoms with van der Waals surface area (Å²) in [4.78, 5) is 28.9. The van der Waals surface area contributed by atoms with Crippen LogP contribution in [0.3, 0.4) is 0 Å². The molecule has 2 rings (SSSR count). The minimum Gasteiger partial charge on any atom is -0.345 e. The monoisotopic (exact) mass is 324 g/mol. The van der Waals surface area contributed by atoms with E-state index < -0.39 is 11.4 Å². The van der Waals surface area contributed by atoms with Crippen LogP contribution in [0.4, 0.5) is 0 Å². The molecule has 2 aromatic rings. The maximum absolute atomic E-state index is 12.4. The Morgan fingerprint density at radius 1 is 1.36 bits per heavy atom. The van der Waals surface area contributed by atoms with E-state index in [-0.39, 0.29) is 23.5 Å². The largest absolute Gasteiger partial charge is 0.345 e. The molecule has 0 spiro atoms. The van der Waals surface area contributed by atoms with Crippen LogP contribution < -0.4 is 16.6 Å². The Balaban J connectivity index is 0.00000242. The Kier molecular flexibility index (Phi) is 6.08. The van der Waals surface area contributed by atoms with E-state index in [2.05, 4.69) is 10.3 Å². The van der Waals surface area contributed by atoms with Gasteiger partial charge in [-0.15, -0.1) is 12.4 Å². The lowest BCUT2D eigenvalue weighted by Crippen LogP contribution is -2.53. The Morgan fingerprint density at radius 2 is 2.05 bits per heavy atom. The van der Waals surface area contributed by atoms with Crippen LogP contribution in [0.2, 0.25) is 0 Å². The summed E-state index contributed by atoms with van der Waals surface area (Å²) >= 11 is 0. The highest BCUT2D eigenvalue weighted by Crippen LogP contribution is 2.13. The first-order chi connectivity index (χ1) is 10.1. The Labute approximate surface area is 135 Å². The summed E-state index contributed by atoms with van der Waals surface area (Å²) in [5.41, 5.74) is 5.44. The van der Waals surface area contributed by atoms with Gasteiger partial charge in [-0.3, -0.25) is 14.0 Å². The summed E-state index contributed by atoms with van der Waals surface area (Å²) in [6, 6.07) is 5.22. The molecule has 0 fully saturated rings. The summed E-state index contributed by atoms with van der Waals surface area (Å²) in [6.07, 6.45) is 4.32. The molecule has 0 saturated heterocycles. The fourth-order valence-corrected chi connectivity index (χ4v) is 2.26. The van der Waals surface area contributed by atoms with Gasteiger partial charge in [-0.2, -0.15) is 0 Å². The predicted molar refractivity (Wildman–Crippen MR) is 88.5 cm³/mol. The third-order valence-corrected chi connectivity index (χ3v) is 3.98. The number of fused-ring (bicyclic) bond motifs is 1. The molecule has 0 aromatic carbocycles. The van der Waals surface area contributed by atoms with Crippen molar-refractivity contribution >= 4 is 24.0 Å². The third kappa shape index (κ3) is 3.28. The van der Waals surface area contributed by atoms with Crippen LogP contribution >= 0.6 is 12.4 Å². The van der Waals surface area contributed by atoms with Crippen molar-refractivity contribution in [2.24, 2.45) is 5.73 Å². The van der Waals surface area contributed by atoms with E-state index in [1.807, 2.05) is 13.8 Å². The van der Waals surface area contributed by atoms with E-state index in [9.17, 15) is 9.59 Å². The molecule has 0 aliphatic rings. The molecule has 3 N–H and O–H groups in total. The molecule has 6 nitrogen and oxygen atoms in total. The second-order valence-corrected chi connectivity index (χ2v) is 5.05. The summed E-state index contributed by atoms with van der Waals surface area (Å²) < 4.78 is 1.36. The first kappa shape index (κ1) is 18.1. The van der Waals surface area contributed by atoms with Crippen LogP contribution in [-0.2, 0) is 0 Å². The lowest BCUT2D eigenvalue weighted by Gasteiger charge is -2.31. The molecule has 2 heterocycles.